The zero-order valence-electron chi connectivity index (χ0n) is 16.9. The fourth-order valence-corrected chi connectivity index (χ4v) is 3.31. The summed E-state index contributed by atoms with van der Waals surface area (Å²) in [6.45, 7) is 9.93. The van der Waals surface area contributed by atoms with Gasteiger partial charge in [-0.15, -0.1) is 0 Å². The molecule has 0 spiro atoms. The molecule has 0 saturated carbocycles. The fraction of sp³-hybridized carbons (Fsp3) is 0.391. The Morgan fingerprint density at radius 2 is 1.43 bits per heavy atom. The van der Waals surface area contributed by atoms with Gasteiger partial charge in [-0.2, -0.15) is 0 Å². The van der Waals surface area contributed by atoms with Crippen LogP contribution in [0.2, 0.25) is 0 Å². The second-order valence-electron chi connectivity index (χ2n) is 8.34. The largest absolute Gasteiger partial charge is 0.347 e. The van der Waals surface area contributed by atoms with Gasteiger partial charge in [0.2, 0.25) is 0 Å². The van der Waals surface area contributed by atoms with E-state index < -0.39 is 0 Å². The topological polar surface area (TPSA) is 52.7 Å². The van der Waals surface area contributed by atoms with Gasteiger partial charge in [-0.1, -0.05) is 30.3 Å². The van der Waals surface area contributed by atoms with Gasteiger partial charge in [-0.3, -0.25) is 14.5 Å². The van der Waals surface area contributed by atoms with Crippen LogP contribution in [0.25, 0.3) is 0 Å². The molecule has 1 aliphatic rings. The Bertz CT molecular complexity index is 802. The normalized spacial score (nSPS) is 15.3. The second kappa shape index (κ2) is 8.57. The summed E-state index contributed by atoms with van der Waals surface area (Å²) in [4.78, 5) is 29.3. The predicted octanol–water partition coefficient (Wildman–Crippen LogP) is 3.17. The summed E-state index contributed by atoms with van der Waals surface area (Å²) in [6.07, 6.45) is 0. The lowest BCUT2D eigenvalue weighted by molar-refractivity contribution is 0.0628. The van der Waals surface area contributed by atoms with E-state index in [0.717, 1.165) is 32.7 Å². The standard InChI is InChI=1S/C23H29N3O2/c1-23(2,3)24-21(27)19-9-11-20(12-10-19)22(28)26-15-13-25(14-16-26)17-18-7-5-4-6-8-18/h4-12H,13-17H2,1-3H3,(H,24,27). The molecule has 28 heavy (non-hydrogen) atoms. The molecule has 1 fully saturated rings. The summed E-state index contributed by atoms with van der Waals surface area (Å²) in [5.41, 5.74) is 2.21. The first-order valence-electron chi connectivity index (χ1n) is 9.80. The number of carbonyl (C=O) groups is 2. The van der Waals surface area contributed by atoms with Crippen molar-refractivity contribution in [1.82, 2.24) is 15.1 Å². The minimum Gasteiger partial charge on any atom is -0.347 e. The maximum absolute atomic E-state index is 12.8. The molecule has 2 aromatic carbocycles. The van der Waals surface area contributed by atoms with Crippen molar-refractivity contribution in [2.75, 3.05) is 26.2 Å². The zero-order valence-corrected chi connectivity index (χ0v) is 16.9. The molecule has 0 atom stereocenters. The van der Waals surface area contributed by atoms with Gasteiger partial charge >= 0.3 is 0 Å². The zero-order chi connectivity index (χ0) is 20.1. The third kappa shape index (κ3) is 5.42. The third-order valence-electron chi connectivity index (χ3n) is 4.79. The second-order valence-corrected chi connectivity index (χ2v) is 8.34. The van der Waals surface area contributed by atoms with Crippen LogP contribution in [0.4, 0.5) is 0 Å². The van der Waals surface area contributed by atoms with Crippen LogP contribution in [-0.4, -0.2) is 53.3 Å². The van der Waals surface area contributed by atoms with E-state index >= 15 is 0 Å². The first kappa shape index (κ1) is 20.1. The number of amides is 2. The van der Waals surface area contributed by atoms with Crippen molar-refractivity contribution in [3.8, 4) is 0 Å². The smallest absolute Gasteiger partial charge is 0.253 e. The molecule has 3 rings (SSSR count). The maximum Gasteiger partial charge on any atom is 0.253 e. The Morgan fingerprint density at radius 1 is 0.857 bits per heavy atom. The Labute approximate surface area is 167 Å². The first-order chi connectivity index (χ1) is 13.3. The molecule has 1 heterocycles. The minimum absolute atomic E-state index is 0.0298. The van der Waals surface area contributed by atoms with Crippen molar-refractivity contribution in [2.45, 2.75) is 32.9 Å². The van der Waals surface area contributed by atoms with Crippen LogP contribution in [0, 0.1) is 0 Å². The predicted molar refractivity (Wildman–Crippen MR) is 111 cm³/mol. The summed E-state index contributed by atoms with van der Waals surface area (Å²) in [6, 6.07) is 17.3. The van der Waals surface area contributed by atoms with E-state index in [9.17, 15) is 9.59 Å². The van der Waals surface area contributed by atoms with E-state index in [-0.39, 0.29) is 17.4 Å². The molecular weight excluding hydrogens is 350 g/mol. The van der Waals surface area contributed by atoms with Crippen molar-refractivity contribution < 1.29 is 9.59 Å². The highest BCUT2D eigenvalue weighted by atomic mass is 16.2. The molecular formula is C23H29N3O2. The molecule has 0 radical (unpaired) electrons. The van der Waals surface area contributed by atoms with E-state index in [2.05, 4.69) is 34.5 Å². The number of nitrogens with zero attached hydrogens (tertiary/aromatic N) is 2. The van der Waals surface area contributed by atoms with Gasteiger partial charge in [0, 0.05) is 49.4 Å². The van der Waals surface area contributed by atoms with E-state index in [1.54, 1.807) is 24.3 Å². The number of carbonyl (C=O) groups excluding carboxylic acids is 2. The van der Waals surface area contributed by atoms with Crippen LogP contribution in [0.5, 0.6) is 0 Å². The molecule has 5 nitrogen and oxygen atoms in total. The number of hydrogen-bond acceptors (Lipinski definition) is 3. The summed E-state index contributed by atoms with van der Waals surface area (Å²) >= 11 is 0. The minimum atomic E-state index is -0.287. The van der Waals surface area contributed by atoms with Gasteiger partial charge in [0.05, 0.1) is 0 Å². The monoisotopic (exact) mass is 379 g/mol. The van der Waals surface area contributed by atoms with Crippen LogP contribution in [0.1, 0.15) is 47.1 Å². The summed E-state index contributed by atoms with van der Waals surface area (Å²) in [7, 11) is 0. The summed E-state index contributed by atoms with van der Waals surface area (Å²) in [5.74, 6) is -0.0943. The van der Waals surface area contributed by atoms with E-state index in [4.69, 9.17) is 0 Å². The Hall–Kier alpha value is -2.66. The van der Waals surface area contributed by atoms with E-state index in [1.807, 2.05) is 31.7 Å². The van der Waals surface area contributed by atoms with Crippen molar-refractivity contribution in [3.05, 3.63) is 71.3 Å². The van der Waals surface area contributed by atoms with Gasteiger partial charge in [-0.25, -0.2) is 0 Å². The maximum atomic E-state index is 12.8. The summed E-state index contributed by atoms with van der Waals surface area (Å²) in [5, 5.41) is 2.93. The van der Waals surface area contributed by atoms with Gasteiger partial charge in [0.15, 0.2) is 0 Å². The highest BCUT2D eigenvalue weighted by Crippen LogP contribution is 2.13. The average molecular weight is 380 g/mol. The Balaban J connectivity index is 1.54. The lowest BCUT2D eigenvalue weighted by Gasteiger charge is -2.34. The molecule has 148 valence electrons. The van der Waals surface area contributed by atoms with Crippen LogP contribution < -0.4 is 5.32 Å². The fourth-order valence-electron chi connectivity index (χ4n) is 3.31. The molecule has 5 heteroatoms. The van der Waals surface area contributed by atoms with E-state index in [1.165, 1.54) is 5.56 Å². The Morgan fingerprint density at radius 3 is 2.00 bits per heavy atom. The average Bonchev–Trinajstić information content (AvgIpc) is 2.68. The van der Waals surface area contributed by atoms with Crippen molar-refractivity contribution in [2.24, 2.45) is 0 Å². The molecule has 0 unspecified atom stereocenters. The van der Waals surface area contributed by atoms with Crippen LogP contribution >= 0.6 is 0 Å². The lowest BCUT2D eigenvalue weighted by Crippen LogP contribution is -2.48. The summed E-state index contributed by atoms with van der Waals surface area (Å²) < 4.78 is 0. The molecule has 1 N–H and O–H groups in total. The number of rotatable bonds is 4. The SMILES string of the molecule is CC(C)(C)NC(=O)c1ccc(C(=O)N2CCN(Cc3ccccc3)CC2)cc1. The number of piperazine rings is 1. The van der Waals surface area contributed by atoms with Crippen molar-refractivity contribution in [3.63, 3.8) is 0 Å². The van der Waals surface area contributed by atoms with Crippen molar-refractivity contribution >= 4 is 11.8 Å². The van der Waals surface area contributed by atoms with Crippen molar-refractivity contribution in [1.29, 1.82) is 0 Å². The third-order valence-corrected chi connectivity index (χ3v) is 4.79. The van der Waals surface area contributed by atoms with Crippen LogP contribution in [0.15, 0.2) is 54.6 Å². The molecule has 1 aliphatic heterocycles. The first-order valence-corrected chi connectivity index (χ1v) is 9.80. The molecule has 0 aliphatic carbocycles. The molecule has 2 amide bonds. The lowest BCUT2D eigenvalue weighted by atomic mass is 10.1. The molecule has 2 aromatic rings. The molecule has 1 saturated heterocycles. The van der Waals surface area contributed by atoms with Gasteiger partial charge < -0.3 is 10.2 Å². The number of hydrogen-bond donors (Lipinski definition) is 1. The number of nitrogens with one attached hydrogen (secondary N) is 1. The van der Waals surface area contributed by atoms with Gasteiger partial charge in [-0.05, 0) is 50.6 Å². The molecule has 0 bridgehead atoms. The van der Waals surface area contributed by atoms with Crippen LogP contribution in [0.3, 0.4) is 0 Å². The highest BCUT2D eigenvalue weighted by molar-refractivity contribution is 5.98. The number of benzene rings is 2. The van der Waals surface area contributed by atoms with Gasteiger partial charge in [0.25, 0.3) is 11.8 Å². The Kier molecular flexibility index (Phi) is 6.15. The highest BCUT2D eigenvalue weighted by Gasteiger charge is 2.22. The van der Waals surface area contributed by atoms with Crippen LogP contribution in [-0.2, 0) is 6.54 Å². The van der Waals surface area contributed by atoms with E-state index in [0.29, 0.717) is 11.1 Å². The quantitative estimate of drug-likeness (QED) is 0.888. The van der Waals surface area contributed by atoms with Gasteiger partial charge in [0.1, 0.15) is 0 Å². The molecule has 0 aromatic heterocycles.